The van der Waals surface area contributed by atoms with Gasteiger partial charge in [-0.25, -0.2) is 4.79 Å². The third kappa shape index (κ3) is 7.67. The van der Waals surface area contributed by atoms with E-state index in [0.717, 1.165) is 38.7 Å². The summed E-state index contributed by atoms with van der Waals surface area (Å²) in [7, 11) is 1.38. The molecule has 2 unspecified atom stereocenters. The zero-order chi connectivity index (χ0) is 15.7. The summed E-state index contributed by atoms with van der Waals surface area (Å²) in [5.41, 5.74) is 0.0938. The van der Waals surface area contributed by atoms with Gasteiger partial charge in [-0.1, -0.05) is 20.8 Å². The normalized spacial score (nSPS) is 20.9. The molecule has 0 radical (unpaired) electrons. The monoisotopic (exact) mass is 301 g/mol. The van der Waals surface area contributed by atoms with E-state index in [1.54, 1.807) is 0 Å². The molecule has 0 spiro atoms. The van der Waals surface area contributed by atoms with Crippen molar-refractivity contribution in [3.05, 3.63) is 0 Å². The Labute approximate surface area is 128 Å². The SMILES string of the molecule is COC(=O)NCCCCC(OC1CCCCO1)C(C)(C)C. The fraction of sp³-hybridized carbons (Fsp3) is 0.938. The number of alkyl carbamates (subject to hydrolysis) is 1. The minimum absolute atomic E-state index is 0.0452. The molecule has 1 aliphatic heterocycles. The third-order valence-corrected chi connectivity index (χ3v) is 3.77. The lowest BCUT2D eigenvalue weighted by Crippen LogP contribution is -2.36. The van der Waals surface area contributed by atoms with Crippen molar-refractivity contribution in [2.24, 2.45) is 5.41 Å². The van der Waals surface area contributed by atoms with Gasteiger partial charge in [0.05, 0.1) is 13.2 Å². The molecule has 1 saturated heterocycles. The number of hydrogen-bond donors (Lipinski definition) is 1. The molecular formula is C16H31NO4. The van der Waals surface area contributed by atoms with Crippen LogP contribution in [0.15, 0.2) is 0 Å². The molecule has 0 bridgehead atoms. The Bertz CT molecular complexity index is 295. The molecule has 1 amide bonds. The smallest absolute Gasteiger partial charge is 0.406 e. The molecule has 0 saturated carbocycles. The minimum atomic E-state index is -0.366. The first-order valence-corrected chi connectivity index (χ1v) is 8.02. The summed E-state index contributed by atoms with van der Waals surface area (Å²) in [5.74, 6) is 0. The Morgan fingerprint density at radius 3 is 2.67 bits per heavy atom. The number of carbonyl (C=O) groups excluding carboxylic acids is 1. The highest BCUT2D eigenvalue weighted by Gasteiger charge is 2.28. The highest BCUT2D eigenvalue weighted by Crippen LogP contribution is 2.29. The first-order valence-electron chi connectivity index (χ1n) is 8.02. The zero-order valence-electron chi connectivity index (χ0n) is 13.9. The van der Waals surface area contributed by atoms with Crippen LogP contribution in [0.3, 0.4) is 0 Å². The van der Waals surface area contributed by atoms with Crippen molar-refractivity contribution in [1.82, 2.24) is 5.32 Å². The van der Waals surface area contributed by atoms with Crippen molar-refractivity contribution in [2.45, 2.75) is 71.7 Å². The van der Waals surface area contributed by atoms with E-state index in [4.69, 9.17) is 9.47 Å². The topological polar surface area (TPSA) is 56.8 Å². The largest absolute Gasteiger partial charge is 0.453 e. The molecule has 1 aliphatic rings. The average molecular weight is 301 g/mol. The van der Waals surface area contributed by atoms with E-state index in [-0.39, 0.29) is 23.9 Å². The first kappa shape index (κ1) is 18.2. The average Bonchev–Trinajstić information content (AvgIpc) is 2.45. The van der Waals surface area contributed by atoms with Crippen molar-refractivity contribution in [3.8, 4) is 0 Å². The Balaban J connectivity index is 2.28. The standard InChI is InChI=1S/C16H31NO4/c1-16(2,3)13(21-14-10-6-8-12-20-14)9-5-7-11-17-15(18)19-4/h13-14H,5-12H2,1-4H3,(H,17,18). The van der Waals surface area contributed by atoms with E-state index >= 15 is 0 Å². The molecule has 1 heterocycles. The molecule has 21 heavy (non-hydrogen) atoms. The van der Waals surface area contributed by atoms with Gasteiger partial charge >= 0.3 is 6.09 Å². The van der Waals surface area contributed by atoms with Gasteiger partial charge in [-0.2, -0.15) is 0 Å². The number of methoxy groups -OCH3 is 1. The summed E-state index contributed by atoms with van der Waals surface area (Å²) in [5, 5.41) is 2.70. The maximum Gasteiger partial charge on any atom is 0.406 e. The van der Waals surface area contributed by atoms with Crippen LogP contribution in [-0.2, 0) is 14.2 Å². The van der Waals surface area contributed by atoms with Gasteiger partial charge in [0.25, 0.3) is 0 Å². The number of amides is 1. The van der Waals surface area contributed by atoms with E-state index in [2.05, 4.69) is 30.8 Å². The lowest BCUT2D eigenvalue weighted by Gasteiger charge is -2.35. The second kappa shape index (κ2) is 9.26. The van der Waals surface area contributed by atoms with E-state index in [1.165, 1.54) is 13.5 Å². The number of hydrogen-bond acceptors (Lipinski definition) is 4. The van der Waals surface area contributed by atoms with Gasteiger partial charge in [0, 0.05) is 13.2 Å². The molecule has 124 valence electrons. The van der Waals surface area contributed by atoms with E-state index in [0.29, 0.717) is 6.54 Å². The van der Waals surface area contributed by atoms with E-state index < -0.39 is 0 Å². The summed E-state index contributed by atoms with van der Waals surface area (Å²) in [6.07, 6.45) is 6.01. The van der Waals surface area contributed by atoms with Crippen molar-refractivity contribution in [1.29, 1.82) is 0 Å². The summed E-state index contributed by atoms with van der Waals surface area (Å²) < 4.78 is 16.4. The number of nitrogens with one attached hydrogen (secondary N) is 1. The van der Waals surface area contributed by atoms with E-state index in [1.807, 2.05) is 0 Å². The molecule has 0 aromatic rings. The predicted octanol–water partition coefficient (Wildman–Crippen LogP) is 3.47. The molecule has 2 atom stereocenters. The Hall–Kier alpha value is -0.810. The molecule has 5 heteroatoms. The summed E-state index contributed by atoms with van der Waals surface area (Å²) in [6.45, 7) is 8.06. The summed E-state index contributed by atoms with van der Waals surface area (Å²) >= 11 is 0. The minimum Gasteiger partial charge on any atom is -0.453 e. The summed E-state index contributed by atoms with van der Waals surface area (Å²) in [4.78, 5) is 11.0. The van der Waals surface area contributed by atoms with Crippen molar-refractivity contribution in [3.63, 3.8) is 0 Å². The molecular weight excluding hydrogens is 270 g/mol. The molecule has 1 fully saturated rings. The number of rotatable bonds is 7. The van der Waals surface area contributed by atoms with Crippen LogP contribution in [0.25, 0.3) is 0 Å². The Morgan fingerprint density at radius 2 is 2.10 bits per heavy atom. The van der Waals surface area contributed by atoms with Crippen LogP contribution in [0.5, 0.6) is 0 Å². The Morgan fingerprint density at radius 1 is 1.33 bits per heavy atom. The Kier molecular flexibility index (Phi) is 8.04. The number of carbonyl (C=O) groups is 1. The van der Waals surface area contributed by atoms with Gasteiger partial charge in [-0.3, -0.25) is 0 Å². The number of ether oxygens (including phenoxy) is 3. The quantitative estimate of drug-likeness (QED) is 0.732. The molecule has 0 aromatic heterocycles. The lowest BCUT2D eigenvalue weighted by molar-refractivity contribution is -0.208. The van der Waals surface area contributed by atoms with Crippen LogP contribution >= 0.6 is 0 Å². The molecule has 5 nitrogen and oxygen atoms in total. The van der Waals surface area contributed by atoms with Gasteiger partial charge in [0.15, 0.2) is 6.29 Å². The maximum absolute atomic E-state index is 11.0. The lowest BCUT2D eigenvalue weighted by atomic mass is 9.86. The first-order chi connectivity index (χ1) is 9.93. The fourth-order valence-electron chi connectivity index (χ4n) is 2.42. The van der Waals surface area contributed by atoms with Crippen LogP contribution in [0.1, 0.15) is 59.3 Å². The second-order valence-electron chi connectivity index (χ2n) is 6.70. The molecule has 0 aromatic carbocycles. The van der Waals surface area contributed by atoms with Gasteiger partial charge in [-0.15, -0.1) is 0 Å². The van der Waals surface area contributed by atoms with Crippen LogP contribution < -0.4 is 5.32 Å². The summed E-state index contributed by atoms with van der Waals surface area (Å²) in [6, 6.07) is 0. The van der Waals surface area contributed by atoms with Crippen LogP contribution in [0.4, 0.5) is 4.79 Å². The van der Waals surface area contributed by atoms with Gasteiger partial charge < -0.3 is 19.5 Å². The fourth-order valence-corrected chi connectivity index (χ4v) is 2.42. The molecule has 0 aliphatic carbocycles. The second-order valence-corrected chi connectivity index (χ2v) is 6.70. The van der Waals surface area contributed by atoms with Crippen molar-refractivity contribution in [2.75, 3.05) is 20.3 Å². The predicted molar refractivity (Wildman–Crippen MR) is 82.2 cm³/mol. The number of unbranched alkanes of at least 4 members (excludes halogenated alkanes) is 1. The van der Waals surface area contributed by atoms with Crippen molar-refractivity contribution >= 4 is 6.09 Å². The highest BCUT2D eigenvalue weighted by atomic mass is 16.7. The van der Waals surface area contributed by atoms with Gasteiger partial charge in [0.2, 0.25) is 0 Å². The molecule has 1 N–H and O–H groups in total. The van der Waals surface area contributed by atoms with Crippen LogP contribution in [0.2, 0.25) is 0 Å². The van der Waals surface area contributed by atoms with Gasteiger partial charge in [0.1, 0.15) is 0 Å². The van der Waals surface area contributed by atoms with Gasteiger partial charge in [-0.05, 0) is 43.9 Å². The maximum atomic E-state index is 11.0. The third-order valence-electron chi connectivity index (χ3n) is 3.77. The van der Waals surface area contributed by atoms with E-state index in [9.17, 15) is 4.79 Å². The zero-order valence-corrected chi connectivity index (χ0v) is 13.9. The molecule has 1 rings (SSSR count). The highest BCUT2D eigenvalue weighted by molar-refractivity contribution is 5.66. The van der Waals surface area contributed by atoms with Crippen molar-refractivity contribution < 1.29 is 19.0 Å². The van der Waals surface area contributed by atoms with Crippen LogP contribution in [0, 0.1) is 5.41 Å². The van der Waals surface area contributed by atoms with Crippen LogP contribution in [-0.4, -0.2) is 38.7 Å².